The Labute approximate surface area is 111 Å². The molecule has 3 unspecified atom stereocenters. The maximum Gasteiger partial charge on any atom is 0.163 e. The summed E-state index contributed by atoms with van der Waals surface area (Å²) in [5.41, 5.74) is 0.910. The first kappa shape index (κ1) is 11.2. The van der Waals surface area contributed by atoms with Crippen LogP contribution >= 0.6 is 0 Å². The van der Waals surface area contributed by atoms with Crippen LogP contribution in [-0.4, -0.2) is 45.4 Å². The highest BCUT2D eigenvalue weighted by molar-refractivity contribution is 5.86. The summed E-state index contributed by atoms with van der Waals surface area (Å²) in [6.07, 6.45) is 3.53. The Bertz CT molecular complexity index is 621. The van der Waals surface area contributed by atoms with Crippen molar-refractivity contribution >= 4 is 16.9 Å². The predicted molar refractivity (Wildman–Crippen MR) is 73.0 cm³/mol. The molecule has 4 heterocycles. The highest BCUT2D eigenvalue weighted by Crippen LogP contribution is 2.36. The van der Waals surface area contributed by atoms with Gasteiger partial charge in [0.15, 0.2) is 5.65 Å². The van der Waals surface area contributed by atoms with Crippen molar-refractivity contribution in [3.05, 3.63) is 12.5 Å². The number of hydrogen-bond donors (Lipinski definition) is 1. The topological polar surface area (TPSA) is 58.9 Å². The number of rotatable bonds is 1. The first-order chi connectivity index (χ1) is 9.25. The molecule has 2 saturated heterocycles. The number of aromatic nitrogens is 4. The third kappa shape index (κ3) is 1.49. The Morgan fingerprint density at radius 2 is 2.21 bits per heavy atom. The normalized spacial score (nSPS) is 30.2. The van der Waals surface area contributed by atoms with Gasteiger partial charge >= 0.3 is 0 Å². The van der Waals surface area contributed by atoms with Crippen molar-refractivity contribution < 1.29 is 0 Å². The molecule has 2 fully saturated rings. The van der Waals surface area contributed by atoms with Crippen molar-refractivity contribution in [1.29, 1.82) is 0 Å². The van der Waals surface area contributed by atoms with Crippen molar-refractivity contribution in [2.24, 2.45) is 18.9 Å². The second kappa shape index (κ2) is 3.90. The quantitative estimate of drug-likeness (QED) is 0.802. The van der Waals surface area contributed by atoms with Crippen molar-refractivity contribution in [1.82, 2.24) is 25.1 Å². The first-order valence-corrected chi connectivity index (χ1v) is 6.86. The lowest BCUT2D eigenvalue weighted by Gasteiger charge is -2.25. The Morgan fingerprint density at radius 1 is 1.32 bits per heavy atom. The van der Waals surface area contributed by atoms with Crippen molar-refractivity contribution in [2.75, 3.05) is 24.5 Å². The highest BCUT2D eigenvalue weighted by Gasteiger charge is 2.42. The van der Waals surface area contributed by atoms with E-state index in [-0.39, 0.29) is 0 Å². The molecule has 0 amide bonds. The fourth-order valence-corrected chi connectivity index (χ4v) is 3.63. The molecule has 19 heavy (non-hydrogen) atoms. The fraction of sp³-hybridized carbons (Fsp3) is 0.615. The van der Waals surface area contributed by atoms with E-state index in [4.69, 9.17) is 0 Å². The molecule has 6 heteroatoms. The van der Waals surface area contributed by atoms with E-state index in [1.54, 1.807) is 6.33 Å². The van der Waals surface area contributed by atoms with Crippen LogP contribution in [0.5, 0.6) is 0 Å². The van der Waals surface area contributed by atoms with E-state index in [0.717, 1.165) is 48.3 Å². The molecule has 6 nitrogen and oxygen atoms in total. The average Bonchev–Trinajstić information content (AvgIpc) is 3.08. The highest BCUT2D eigenvalue weighted by atomic mass is 15.3. The van der Waals surface area contributed by atoms with Crippen LogP contribution in [0.15, 0.2) is 12.5 Å². The lowest BCUT2D eigenvalue weighted by molar-refractivity contribution is 0.471. The summed E-state index contributed by atoms with van der Waals surface area (Å²) in [6.45, 7) is 5.65. The van der Waals surface area contributed by atoms with Gasteiger partial charge in [-0.25, -0.2) is 9.97 Å². The second-order valence-electron chi connectivity index (χ2n) is 5.68. The minimum Gasteiger partial charge on any atom is -0.353 e. The monoisotopic (exact) mass is 258 g/mol. The summed E-state index contributed by atoms with van der Waals surface area (Å²) in [5, 5.41) is 8.85. The maximum absolute atomic E-state index is 4.52. The SMILES string of the molecule is CC1C2CNCC2CN1c1ncnc2c1cnn2C. The molecule has 0 bridgehead atoms. The number of nitrogens with zero attached hydrogens (tertiary/aromatic N) is 5. The van der Waals surface area contributed by atoms with Crippen LogP contribution in [0.2, 0.25) is 0 Å². The van der Waals surface area contributed by atoms with Gasteiger partial charge in [0.25, 0.3) is 0 Å². The number of aryl methyl sites for hydroxylation is 1. The Hall–Kier alpha value is -1.69. The summed E-state index contributed by atoms with van der Waals surface area (Å²) in [4.78, 5) is 11.3. The number of nitrogens with one attached hydrogen (secondary N) is 1. The minimum absolute atomic E-state index is 0.526. The molecule has 0 aromatic carbocycles. The zero-order valence-corrected chi connectivity index (χ0v) is 11.2. The van der Waals surface area contributed by atoms with Crippen LogP contribution in [0.1, 0.15) is 6.92 Å². The predicted octanol–water partition coefficient (Wildman–Crippen LogP) is 0.407. The summed E-state index contributed by atoms with van der Waals surface area (Å²) in [6, 6.07) is 0.526. The van der Waals surface area contributed by atoms with Gasteiger partial charge in [0.05, 0.1) is 11.6 Å². The molecule has 4 rings (SSSR count). The molecule has 2 aliphatic heterocycles. The summed E-state index contributed by atoms with van der Waals surface area (Å²) in [5.74, 6) is 2.53. The van der Waals surface area contributed by atoms with Crippen LogP contribution in [-0.2, 0) is 7.05 Å². The maximum atomic E-state index is 4.52. The van der Waals surface area contributed by atoms with Crippen LogP contribution in [0, 0.1) is 11.8 Å². The van der Waals surface area contributed by atoms with Crippen molar-refractivity contribution in [3.63, 3.8) is 0 Å². The third-order valence-corrected chi connectivity index (χ3v) is 4.71. The van der Waals surface area contributed by atoms with E-state index < -0.39 is 0 Å². The second-order valence-corrected chi connectivity index (χ2v) is 5.68. The summed E-state index contributed by atoms with van der Waals surface area (Å²) < 4.78 is 1.81. The molecule has 2 aromatic heterocycles. The van der Waals surface area contributed by atoms with Crippen molar-refractivity contribution in [2.45, 2.75) is 13.0 Å². The lowest BCUT2D eigenvalue weighted by Crippen LogP contribution is -2.33. The zero-order chi connectivity index (χ0) is 13.0. The van der Waals surface area contributed by atoms with E-state index in [2.05, 4.69) is 32.2 Å². The lowest BCUT2D eigenvalue weighted by atomic mass is 9.95. The fourth-order valence-electron chi connectivity index (χ4n) is 3.63. The molecule has 3 atom stereocenters. The van der Waals surface area contributed by atoms with Crippen LogP contribution < -0.4 is 10.2 Å². The smallest absolute Gasteiger partial charge is 0.163 e. The standard InChI is InChI=1S/C13H18N6/c1-8-10-4-14-3-9(10)6-19(8)13-11-5-17-18(2)12(11)15-7-16-13/h5,7-10,14H,3-4,6H2,1-2H3. The number of hydrogen-bond acceptors (Lipinski definition) is 5. The van der Waals surface area contributed by atoms with Crippen LogP contribution in [0.3, 0.4) is 0 Å². The van der Waals surface area contributed by atoms with E-state index in [1.807, 2.05) is 17.9 Å². The summed E-state index contributed by atoms with van der Waals surface area (Å²) in [7, 11) is 1.92. The molecule has 1 N–H and O–H groups in total. The third-order valence-electron chi connectivity index (χ3n) is 4.71. The van der Waals surface area contributed by atoms with Gasteiger partial charge in [0.2, 0.25) is 0 Å². The van der Waals surface area contributed by atoms with Gasteiger partial charge in [-0.15, -0.1) is 0 Å². The molecule has 100 valence electrons. The van der Waals surface area contributed by atoms with Crippen LogP contribution in [0.25, 0.3) is 11.0 Å². The van der Waals surface area contributed by atoms with Gasteiger partial charge in [-0.2, -0.15) is 5.10 Å². The van der Waals surface area contributed by atoms with Gasteiger partial charge in [-0.05, 0) is 18.8 Å². The van der Waals surface area contributed by atoms with E-state index in [1.165, 1.54) is 0 Å². The van der Waals surface area contributed by atoms with Crippen molar-refractivity contribution in [3.8, 4) is 0 Å². The summed E-state index contributed by atoms with van der Waals surface area (Å²) >= 11 is 0. The Morgan fingerprint density at radius 3 is 3.05 bits per heavy atom. The van der Waals surface area contributed by atoms with Gasteiger partial charge in [0, 0.05) is 32.7 Å². The number of fused-ring (bicyclic) bond motifs is 2. The molecular weight excluding hydrogens is 240 g/mol. The number of anilines is 1. The molecule has 2 aromatic rings. The van der Waals surface area contributed by atoms with Gasteiger partial charge in [-0.3, -0.25) is 4.68 Å². The molecule has 0 aliphatic carbocycles. The van der Waals surface area contributed by atoms with Gasteiger partial charge in [0.1, 0.15) is 12.1 Å². The Balaban J connectivity index is 1.79. The molecule has 0 saturated carbocycles. The molecule has 0 radical (unpaired) electrons. The molecule has 2 aliphatic rings. The van der Waals surface area contributed by atoms with E-state index in [9.17, 15) is 0 Å². The minimum atomic E-state index is 0.526. The average molecular weight is 258 g/mol. The molecular formula is C13H18N6. The van der Waals surface area contributed by atoms with Gasteiger partial charge < -0.3 is 10.2 Å². The zero-order valence-electron chi connectivity index (χ0n) is 11.2. The van der Waals surface area contributed by atoms with E-state index in [0.29, 0.717) is 6.04 Å². The Kier molecular flexibility index (Phi) is 2.29. The first-order valence-electron chi connectivity index (χ1n) is 6.86. The largest absolute Gasteiger partial charge is 0.353 e. The molecule has 0 spiro atoms. The van der Waals surface area contributed by atoms with Gasteiger partial charge in [-0.1, -0.05) is 0 Å². The van der Waals surface area contributed by atoms with E-state index >= 15 is 0 Å². The van der Waals surface area contributed by atoms with Crippen LogP contribution in [0.4, 0.5) is 5.82 Å².